The summed E-state index contributed by atoms with van der Waals surface area (Å²) in [5.74, 6) is -0.101. The summed E-state index contributed by atoms with van der Waals surface area (Å²) in [5, 5.41) is 13.6. The maximum absolute atomic E-state index is 13.0. The van der Waals surface area contributed by atoms with Gasteiger partial charge in [-0.15, -0.1) is 0 Å². The van der Waals surface area contributed by atoms with Gasteiger partial charge < -0.3 is 15.3 Å². The molecule has 4 aliphatic carbocycles. The standard InChI is InChI=1S/C21H25BrN2O3/c22-14-1-2-15-16(11-14)19(3-4-19)13-24(18(15)26)12-17(25)23-20-5-8-21(27,9-6-20)10-7-20/h1-2,11,27H,3-10,12-13H2,(H,23,25). The van der Waals surface area contributed by atoms with Crippen molar-refractivity contribution < 1.29 is 14.7 Å². The number of hydrogen-bond acceptors (Lipinski definition) is 3. The van der Waals surface area contributed by atoms with Gasteiger partial charge in [-0.1, -0.05) is 15.9 Å². The first-order valence-corrected chi connectivity index (χ1v) is 10.7. The maximum atomic E-state index is 13.0. The van der Waals surface area contributed by atoms with Crippen LogP contribution in [-0.2, 0) is 10.2 Å². The zero-order valence-corrected chi connectivity index (χ0v) is 17.0. The highest BCUT2D eigenvalue weighted by Crippen LogP contribution is 2.53. The Morgan fingerprint density at radius 1 is 1.11 bits per heavy atom. The lowest BCUT2D eigenvalue weighted by molar-refractivity contribution is -0.129. The lowest BCUT2D eigenvalue weighted by Gasteiger charge is -2.51. The Morgan fingerprint density at radius 3 is 2.41 bits per heavy atom. The fourth-order valence-electron chi connectivity index (χ4n) is 5.40. The minimum atomic E-state index is -0.508. The average molecular weight is 433 g/mol. The molecule has 0 radical (unpaired) electrons. The molecule has 144 valence electrons. The molecule has 2 N–H and O–H groups in total. The van der Waals surface area contributed by atoms with Crippen LogP contribution >= 0.6 is 15.9 Å². The predicted molar refractivity (Wildman–Crippen MR) is 104 cm³/mol. The highest BCUT2D eigenvalue weighted by atomic mass is 79.9. The Morgan fingerprint density at radius 2 is 1.78 bits per heavy atom. The fourth-order valence-corrected chi connectivity index (χ4v) is 5.76. The number of hydrogen-bond donors (Lipinski definition) is 2. The Hall–Kier alpha value is -1.40. The van der Waals surface area contributed by atoms with Crippen LogP contribution in [-0.4, -0.2) is 46.1 Å². The number of aliphatic hydroxyl groups is 1. The van der Waals surface area contributed by atoms with Gasteiger partial charge in [0.1, 0.15) is 0 Å². The fraction of sp³-hybridized carbons (Fsp3) is 0.619. The van der Waals surface area contributed by atoms with E-state index in [9.17, 15) is 14.7 Å². The molecule has 5 aliphatic rings. The molecule has 1 aliphatic heterocycles. The van der Waals surface area contributed by atoms with E-state index >= 15 is 0 Å². The van der Waals surface area contributed by atoms with Gasteiger partial charge in [-0.2, -0.15) is 0 Å². The zero-order chi connectivity index (χ0) is 18.9. The number of nitrogens with zero attached hydrogens (tertiary/aromatic N) is 1. The summed E-state index contributed by atoms with van der Waals surface area (Å²) in [4.78, 5) is 27.5. The van der Waals surface area contributed by atoms with E-state index in [1.165, 1.54) is 0 Å². The van der Waals surface area contributed by atoms with Gasteiger partial charge in [0.15, 0.2) is 0 Å². The summed E-state index contributed by atoms with van der Waals surface area (Å²) in [7, 11) is 0. The van der Waals surface area contributed by atoms with Crippen LogP contribution < -0.4 is 5.32 Å². The van der Waals surface area contributed by atoms with Crippen LogP contribution in [0.15, 0.2) is 22.7 Å². The van der Waals surface area contributed by atoms with E-state index in [4.69, 9.17) is 0 Å². The number of halogens is 1. The third-order valence-electron chi connectivity index (χ3n) is 7.36. The summed E-state index contributed by atoms with van der Waals surface area (Å²) in [6.45, 7) is 0.761. The Labute approximate surface area is 167 Å². The van der Waals surface area contributed by atoms with Gasteiger partial charge >= 0.3 is 0 Å². The van der Waals surface area contributed by atoms with E-state index in [0.29, 0.717) is 6.54 Å². The zero-order valence-electron chi connectivity index (χ0n) is 15.4. The molecule has 4 saturated carbocycles. The van der Waals surface area contributed by atoms with Crippen molar-refractivity contribution in [3.63, 3.8) is 0 Å². The van der Waals surface area contributed by atoms with Crippen molar-refractivity contribution in [3.8, 4) is 0 Å². The molecule has 1 heterocycles. The molecule has 2 amide bonds. The molecule has 1 aromatic carbocycles. The first kappa shape index (κ1) is 17.7. The topological polar surface area (TPSA) is 69.6 Å². The predicted octanol–water partition coefficient (Wildman–Crippen LogP) is 2.89. The first-order valence-electron chi connectivity index (χ1n) is 9.95. The lowest BCUT2D eigenvalue weighted by atomic mass is 9.63. The molecule has 5 nitrogen and oxygen atoms in total. The molecule has 6 heteroatoms. The lowest BCUT2D eigenvalue weighted by Crippen LogP contribution is -2.60. The normalized spacial score (nSPS) is 33.1. The van der Waals surface area contributed by atoms with Crippen LogP contribution in [0.4, 0.5) is 0 Å². The van der Waals surface area contributed by atoms with E-state index in [-0.39, 0.29) is 29.3 Å². The van der Waals surface area contributed by atoms with E-state index < -0.39 is 5.60 Å². The third kappa shape index (κ3) is 2.92. The van der Waals surface area contributed by atoms with E-state index in [0.717, 1.165) is 67.0 Å². The molecular formula is C21H25BrN2O3. The molecule has 1 spiro atoms. The Kier molecular flexibility index (Phi) is 3.80. The minimum absolute atomic E-state index is 0.0376. The van der Waals surface area contributed by atoms with Crippen LogP contribution in [0.25, 0.3) is 0 Å². The quantitative estimate of drug-likeness (QED) is 0.771. The largest absolute Gasteiger partial charge is 0.390 e. The van der Waals surface area contributed by atoms with Crippen molar-refractivity contribution in [1.29, 1.82) is 0 Å². The first-order chi connectivity index (χ1) is 12.8. The summed E-state index contributed by atoms with van der Waals surface area (Å²) in [5.41, 5.74) is 1.23. The van der Waals surface area contributed by atoms with Gasteiger partial charge in [0.2, 0.25) is 5.91 Å². The van der Waals surface area contributed by atoms with Crippen molar-refractivity contribution in [2.24, 2.45) is 0 Å². The second-order valence-corrected chi connectivity index (χ2v) is 10.1. The van der Waals surface area contributed by atoms with Crippen molar-refractivity contribution in [2.45, 2.75) is 67.9 Å². The monoisotopic (exact) mass is 432 g/mol. The van der Waals surface area contributed by atoms with Crippen molar-refractivity contribution in [3.05, 3.63) is 33.8 Å². The van der Waals surface area contributed by atoms with Crippen LogP contribution in [0, 0.1) is 0 Å². The summed E-state index contributed by atoms with van der Waals surface area (Å²) in [6, 6.07) is 5.86. The van der Waals surface area contributed by atoms with Crippen molar-refractivity contribution in [1.82, 2.24) is 10.2 Å². The number of carbonyl (C=O) groups is 2. The number of rotatable bonds is 3. The van der Waals surface area contributed by atoms with E-state index in [2.05, 4.69) is 27.3 Å². The van der Waals surface area contributed by atoms with Gasteiger partial charge in [-0.05, 0) is 75.1 Å². The van der Waals surface area contributed by atoms with E-state index in [1.54, 1.807) is 4.90 Å². The molecule has 2 bridgehead atoms. The van der Waals surface area contributed by atoms with Gasteiger partial charge in [0.25, 0.3) is 5.91 Å². The third-order valence-corrected chi connectivity index (χ3v) is 7.86. The molecular weight excluding hydrogens is 408 g/mol. The van der Waals surface area contributed by atoms with Crippen molar-refractivity contribution >= 4 is 27.7 Å². The summed E-state index contributed by atoms with van der Waals surface area (Å²) >= 11 is 3.51. The molecule has 0 atom stereocenters. The van der Waals surface area contributed by atoms with Crippen LogP contribution in [0.1, 0.15) is 67.3 Å². The number of benzene rings is 1. The number of carbonyl (C=O) groups excluding carboxylic acids is 2. The SMILES string of the molecule is O=C(CN1CC2(CC2)c2cc(Br)ccc2C1=O)NC12CCC(O)(CC1)CC2. The van der Waals surface area contributed by atoms with Gasteiger partial charge in [-0.3, -0.25) is 9.59 Å². The van der Waals surface area contributed by atoms with Gasteiger partial charge in [-0.25, -0.2) is 0 Å². The molecule has 0 saturated heterocycles. The molecule has 6 rings (SSSR count). The smallest absolute Gasteiger partial charge is 0.254 e. The molecule has 0 unspecified atom stereocenters. The second-order valence-electron chi connectivity index (χ2n) is 9.18. The maximum Gasteiger partial charge on any atom is 0.254 e. The average Bonchev–Trinajstić information content (AvgIpc) is 3.41. The minimum Gasteiger partial charge on any atom is -0.390 e. The van der Waals surface area contributed by atoms with Crippen LogP contribution in [0.2, 0.25) is 0 Å². The Balaban J connectivity index is 1.31. The molecule has 1 aromatic rings. The summed E-state index contributed by atoms with van der Waals surface area (Å²) in [6.07, 6.45) is 6.95. The highest BCUT2D eigenvalue weighted by Gasteiger charge is 2.52. The van der Waals surface area contributed by atoms with Gasteiger partial charge in [0, 0.05) is 27.5 Å². The van der Waals surface area contributed by atoms with Crippen LogP contribution in [0.3, 0.4) is 0 Å². The molecule has 4 fully saturated rings. The van der Waals surface area contributed by atoms with Crippen LogP contribution in [0.5, 0.6) is 0 Å². The van der Waals surface area contributed by atoms with Gasteiger partial charge in [0.05, 0.1) is 12.1 Å². The van der Waals surface area contributed by atoms with E-state index in [1.807, 2.05) is 12.1 Å². The Bertz CT molecular complexity index is 808. The molecule has 0 aromatic heterocycles. The molecule has 27 heavy (non-hydrogen) atoms. The second kappa shape index (κ2) is 5.80. The number of fused-ring (bicyclic) bond motifs is 5. The number of amides is 2. The highest BCUT2D eigenvalue weighted by molar-refractivity contribution is 9.10. The summed E-state index contributed by atoms with van der Waals surface area (Å²) < 4.78 is 1.00. The number of nitrogens with one attached hydrogen (secondary N) is 1. The van der Waals surface area contributed by atoms with Crippen molar-refractivity contribution in [2.75, 3.05) is 13.1 Å².